The van der Waals surface area contributed by atoms with E-state index in [1.165, 1.54) is 12.8 Å². The van der Waals surface area contributed by atoms with Gasteiger partial charge in [0.25, 0.3) is 0 Å². The average Bonchev–Trinajstić information content (AvgIpc) is 3.16. The summed E-state index contributed by atoms with van der Waals surface area (Å²) in [5.74, 6) is 0.830. The SMILES string of the molecule is OCCCC1CCCN1Cc1cc(-c2ccccc2)on1. The van der Waals surface area contributed by atoms with Crippen molar-refractivity contribution >= 4 is 0 Å². The zero-order valence-electron chi connectivity index (χ0n) is 12.2. The topological polar surface area (TPSA) is 49.5 Å². The van der Waals surface area contributed by atoms with Crippen molar-refractivity contribution in [2.45, 2.75) is 38.3 Å². The van der Waals surface area contributed by atoms with Gasteiger partial charge in [-0.3, -0.25) is 4.90 Å². The number of aromatic nitrogens is 1. The fraction of sp³-hybridized carbons (Fsp3) is 0.471. The van der Waals surface area contributed by atoms with E-state index in [1.807, 2.05) is 36.4 Å². The fourth-order valence-electron chi connectivity index (χ4n) is 3.09. The molecule has 3 rings (SSSR count). The molecule has 0 aliphatic carbocycles. The molecule has 1 atom stereocenters. The highest BCUT2D eigenvalue weighted by atomic mass is 16.5. The first-order valence-electron chi connectivity index (χ1n) is 7.73. The van der Waals surface area contributed by atoms with E-state index < -0.39 is 0 Å². The van der Waals surface area contributed by atoms with Gasteiger partial charge in [-0.25, -0.2) is 0 Å². The molecule has 0 spiro atoms. The second-order valence-corrected chi connectivity index (χ2v) is 5.68. The van der Waals surface area contributed by atoms with Gasteiger partial charge in [-0.2, -0.15) is 0 Å². The van der Waals surface area contributed by atoms with Gasteiger partial charge in [0.2, 0.25) is 0 Å². The number of benzene rings is 1. The number of aliphatic hydroxyl groups is 1. The van der Waals surface area contributed by atoms with E-state index in [0.29, 0.717) is 6.04 Å². The van der Waals surface area contributed by atoms with Crippen LogP contribution in [0.4, 0.5) is 0 Å². The van der Waals surface area contributed by atoms with Crippen molar-refractivity contribution in [3.8, 4) is 11.3 Å². The van der Waals surface area contributed by atoms with E-state index in [9.17, 15) is 0 Å². The summed E-state index contributed by atoms with van der Waals surface area (Å²) >= 11 is 0. The van der Waals surface area contributed by atoms with Crippen LogP contribution in [-0.2, 0) is 6.54 Å². The lowest BCUT2D eigenvalue weighted by Gasteiger charge is -2.22. The molecule has 0 saturated carbocycles. The first-order valence-corrected chi connectivity index (χ1v) is 7.73. The average molecular weight is 286 g/mol. The molecule has 0 amide bonds. The summed E-state index contributed by atoms with van der Waals surface area (Å²) in [6.07, 6.45) is 4.41. The monoisotopic (exact) mass is 286 g/mol. The van der Waals surface area contributed by atoms with Gasteiger partial charge in [0.15, 0.2) is 5.76 Å². The van der Waals surface area contributed by atoms with Crippen LogP contribution in [0.2, 0.25) is 0 Å². The highest BCUT2D eigenvalue weighted by Gasteiger charge is 2.24. The van der Waals surface area contributed by atoms with Gasteiger partial charge in [-0.15, -0.1) is 0 Å². The summed E-state index contributed by atoms with van der Waals surface area (Å²) in [5.41, 5.74) is 2.05. The molecule has 4 heteroatoms. The molecule has 1 aromatic heterocycles. The molecule has 1 N–H and O–H groups in total. The second-order valence-electron chi connectivity index (χ2n) is 5.68. The van der Waals surface area contributed by atoms with Crippen LogP contribution >= 0.6 is 0 Å². The molecule has 2 aromatic rings. The van der Waals surface area contributed by atoms with Crippen LogP contribution in [0, 0.1) is 0 Å². The molecule has 21 heavy (non-hydrogen) atoms. The molecule has 2 heterocycles. The van der Waals surface area contributed by atoms with Crippen molar-refractivity contribution in [3.05, 3.63) is 42.1 Å². The Morgan fingerprint density at radius 1 is 1.29 bits per heavy atom. The summed E-state index contributed by atoms with van der Waals surface area (Å²) in [7, 11) is 0. The maximum Gasteiger partial charge on any atom is 0.167 e. The lowest BCUT2D eigenvalue weighted by Crippen LogP contribution is -2.29. The minimum atomic E-state index is 0.284. The minimum Gasteiger partial charge on any atom is -0.396 e. The van der Waals surface area contributed by atoms with Gasteiger partial charge in [0.05, 0.1) is 5.69 Å². The third-order valence-electron chi connectivity index (χ3n) is 4.18. The largest absolute Gasteiger partial charge is 0.396 e. The Labute approximate surface area is 125 Å². The van der Waals surface area contributed by atoms with Gasteiger partial charge >= 0.3 is 0 Å². The first-order chi connectivity index (χ1) is 10.4. The summed E-state index contributed by atoms with van der Waals surface area (Å²) in [6, 6.07) is 12.7. The van der Waals surface area contributed by atoms with E-state index >= 15 is 0 Å². The van der Waals surface area contributed by atoms with Crippen molar-refractivity contribution in [1.29, 1.82) is 0 Å². The summed E-state index contributed by atoms with van der Waals surface area (Å²) < 4.78 is 5.46. The Bertz CT molecular complexity index is 553. The molecule has 1 aromatic carbocycles. The number of hydrogen-bond acceptors (Lipinski definition) is 4. The molecule has 1 fully saturated rings. The van der Waals surface area contributed by atoms with Crippen LogP contribution < -0.4 is 0 Å². The third kappa shape index (κ3) is 3.52. The van der Waals surface area contributed by atoms with Gasteiger partial charge in [-0.05, 0) is 32.2 Å². The Kier molecular flexibility index (Phi) is 4.68. The first kappa shape index (κ1) is 14.3. The quantitative estimate of drug-likeness (QED) is 0.886. The number of likely N-dealkylation sites (tertiary alicyclic amines) is 1. The van der Waals surface area contributed by atoms with Crippen molar-refractivity contribution in [2.75, 3.05) is 13.2 Å². The number of aliphatic hydroxyl groups excluding tert-OH is 1. The zero-order valence-corrected chi connectivity index (χ0v) is 12.2. The van der Waals surface area contributed by atoms with E-state index in [2.05, 4.69) is 10.1 Å². The molecule has 1 aliphatic heterocycles. The number of hydrogen-bond donors (Lipinski definition) is 1. The molecule has 1 aliphatic rings. The minimum absolute atomic E-state index is 0.284. The van der Waals surface area contributed by atoms with Crippen LogP contribution in [-0.4, -0.2) is 34.4 Å². The van der Waals surface area contributed by atoms with Crippen LogP contribution in [0.15, 0.2) is 40.9 Å². The number of rotatable bonds is 6. The van der Waals surface area contributed by atoms with Crippen molar-refractivity contribution in [3.63, 3.8) is 0 Å². The Balaban J connectivity index is 1.64. The van der Waals surface area contributed by atoms with Crippen LogP contribution in [0.5, 0.6) is 0 Å². The predicted molar refractivity (Wildman–Crippen MR) is 81.7 cm³/mol. The van der Waals surface area contributed by atoms with Crippen LogP contribution in [0.3, 0.4) is 0 Å². The molecular formula is C17H22N2O2. The van der Waals surface area contributed by atoms with E-state index in [-0.39, 0.29) is 6.61 Å². The molecule has 1 unspecified atom stereocenters. The van der Waals surface area contributed by atoms with Gasteiger partial charge in [-0.1, -0.05) is 35.5 Å². The maximum absolute atomic E-state index is 8.99. The van der Waals surface area contributed by atoms with Gasteiger partial charge in [0, 0.05) is 30.8 Å². The normalized spacial score (nSPS) is 19.2. The summed E-state index contributed by atoms with van der Waals surface area (Å²) in [4.78, 5) is 2.46. The van der Waals surface area contributed by atoms with E-state index in [0.717, 1.165) is 42.9 Å². The Morgan fingerprint density at radius 3 is 2.95 bits per heavy atom. The summed E-state index contributed by atoms with van der Waals surface area (Å²) in [6.45, 7) is 2.24. The van der Waals surface area contributed by atoms with Crippen molar-refractivity contribution in [1.82, 2.24) is 10.1 Å². The van der Waals surface area contributed by atoms with E-state index in [1.54, 1.807) is 0 Å². The Hall–Kier alpha value is -1.65. The standard InChI is InChI=1S/C17H22N2O2/c20-11-5-9-16-8-4-10-19(16)13-15-12-17(21-18-15)14-6-2-1-3-7-14/h1-3,6-7,12,16,20H,4-5,8-11,13H2. The Morgan fingerprint density at radius 2 is 2.14 bits per heavy atom. The molecule has 112 valence electrons. The van der Waals surface area contributed by atoms with Crippen molar-refractivity contribution in [2.24, 2.45) is 0 Å². The lowest BCUT2D eigenvalue weighted by atomic mass is 10.1. The second kappa shape index (κ2) is 6.87. The summed E-state index contributed by atoms with van der Waals surface area (Å²) in [5, 5.41) is 13.2. The third-order valence-corrected chi connectivity index (χ3v) is 4.18. The molecule has 4 nitrogen and oxygen atoms in total. The fourth-order valence-corrected chi connectivity index (χ4v) is 3.09. The molecule has 0 bridgehead atoms. The molecular weight excluding hydrogens is 264 g/mol. The van der Waals surface area contributed by atoms with Crippen LogP contribution in [0.25, 0.3) is 11.3 Å². The van der Waals surface area contributed by atoms with Gasteiger partial charge in [0.1, 0.15) is 0 Å². The highest BCUT2D eigenvalue weighted by Crippen LogP contribution is 2.25. The molecule has 0 radical (unpaired) electrons. The lowest BCUT2D eigenvalue weighted by molar-refractivity contribution is 0.206. The smallest absolute Gasteiger partial charge is 0.167 e. The maximum atomic E-state index is 8.99. The van der Waals surface area contributed by atoms with Gasteiger partial charge < -0.3 is 9.63 Å². The number of nitrogens with zero attached hydrogens (tertiary/aromatic N) is 2. The molecule has 1 saturated heterocycles. The van der Waals surface area contributed by atoms with Crippen LogP contribution in [0.1, 0.15) is 31.4 Å². The van der Waals surface area contributed by atoms with E-state index in [4.69, 9.17) is 9.63 Å². The highest BCUT2D eigenvalue weighted by molar-refractivity contribution is 5.56. The zero-order chi connectivity index (χ0) is 14.5. The predicted octanol–water partition coefficient (Wildman–Crippen LogP) is 3.08. The van der Waals surface area contributed by atoms with Crippen molar-refractivity contribution < 1.29 is 9.63 Å².